The predicted octanol–water partition coefficient (Wildman–Crippen LogP) is 4.27. The van der Waals surface area contributed by atoms with Crippen LogP contribution in [-0.2, 0) is 4.74 Å². The molecule has 0 amide bonds. The molecule has 0 bridgehead atoms. The first kappa shape index (κ1) is 12.8. The van der Waals surface area contributed by atoms with Crippen molar-refractivity contribution < 1.29 is 9.53 Å². The Kier molecular flexibility index (Phi) is 3.20. The summed E-state index contributed by atoms with van der Waals surface area (Å²) in [7, 11) is 1.61. The van der Waals surface area contributed by atoms with Crippen LogP contribution in [0.5, 0.6) is 0 Å². The van der Waals surface area contributed by atoms with Crippen LogP contribution in [0.15, 0.2) is 42.5 Å². The third-order valence-corrected chi connectivity index (χ3v) is 3.48. The minimum atomic E-state index is -0.485. The third-order valence-electron chi connectivity index (χ3n) is 3.28. The molecule has 0 radical (unpaired) electrons. The van der Waals surface area contributed by atoms with E-state index in [0.29, 0.717) is 11.3 Å². The van der Waals surface area contributed by atoms with Gasteiger partial charge in [-0.25, -0.2) is 0 Å². The zero-order chi connectivity index (χ0) is 14.1. The Morgan fingerprint density at radius 2 is 1.85 bits per heavy atom. The van der Waals surface area contributed by atoms with Gasteiger partial charge in [0.25, 0.3) is 5.24 Å². The molecule has 0 unspecified atom stereocenters. The number of para-hydroxylation sites is 1. The monoisotopic (exact) mass is 285 g/mol. The Bertz CT molecular complexity index is 722. The topological polar surface area (TPSA) is 38.3 Å². The van der Waals surface area contributed by atoms with Gasteiger partial charge in [-0.05, 0) is 41.9 Å². The number of hydrogen-bond donors (Lipinski definition) is 1. The van der Waals surface area contributed by atoms with Crippen LogP contribution in [-0.4, -0.2) is 12.4 Å². The molecule has 0 saturated carbocycles. The van der Waals surface area contributed by atoms with E-state index in [2.05, 4.69) is 5.32 Å². The summed E-state index contributed by atoms with van der Waals surface area (Å²) in [5.41, 5.74) is 3.90. The largest absolute Gasteiger partial charge is 0.496 e. The molecule has 3 rings (SSSR count). The lowest BCUT2D eigenvalue weighted by Crippen LogP contribution is -1.98. The van der Waals surface area contributed by atoms with Gasteiger partial charge in [0.05, 0.1) is 7.11 Å². The first-order valence-corrected chi connectivity index (χ1v) is 6.53. The van der Waals surface area contributed by atoms with Crippen LogP contribution in [0, 0.1) is 0 Å². The Morgan fingerprint density at radius 3 is 2.60 bits per heavy atom. The Balaban J connectivity index is 2.28. The van der Waals surface area contributed by atoms with Crippen LogP contribution in [0.3, 0.4) is 0 Å². The summed E-state index contributed by atoms with van der Waals surface area (Å²) in [6.07, 6.45) is 1.84. The van der Waals surface area contributed by atoms with Crippen molar-refractivity contribution in [3.05, 3.63) is 59.2 Å². The van der Waals surface area contributed by atoms with Gasteiger partial charge < -0.3 is 10.1 Å². The quantitative estimate of drug-likeness (QED) is 0.838. The molecule has 0 aliphatic carbocycles. The van der Waals surface area contributed by atoms with Crippen molar-refractivity contribution in [2.75, 3.05) is 12.4 Å². The number of benzene rings is 2. The van der Waals surface area contributed by atoms with E-state index in [1.54, 1.807) is 19.2 Å². The molecule has 100 valence electrons. The van der Waals surface area contributed by atoms with E-state index in [1.807, 2.05) is 36.4 Å². The smallest absolute Gasteiger partial charge is 0.253 e. The number of methoxy groups -OCH3 is 1. The van der Waals surface area contributed by atoms with Gasteiger partial charge in [-0.15, -0.1) is 0 Å². The summed E-state index contributed by atoms with van der Waals surface area (Å²) >= 11 is 5.66. The van der Waals surface area contributed by atoms with Gasteiger partial charge in [-0.3, -0.25) is 4.79 Å². The fourth-order valence-corrected chi connectivity index (χ4v) is 2.50. The highest BCUT2D eigenvalue weighted by Gasteiger charge is 2.18. The highest BCUT2D eigenvalue weighted by molar-refractivity contribution is 6.68. The molecule has 0 saturated heterocycles. The van der Waals surface area contributed by atoms with E-state index in [1.165, 1.54) is 0 Å². The molecule has 3 nitrogen and oxygen atoms in total. The van der Waals surface area contributed by atoms with Gasteiger partial charge in [0.15, 0.2) is 0 Å². The number of ether oxygens (including phenoxy) is 1. The SMILES string of the molecule is COC1=Cc2c(cccc2C(=O)Cl)Nc2ccccc21. The standard InChI is InChI=1S/C16H12ClNO2/c1-20-15-9-12-10(16(17)19)6-4-8-14(12)18-13-7-3-2-5-11(13)15/h2-9,18H,1H3. The summed E-state index contributed by atoms with van der Waals surface area (Å²) in [4.78, 5) is 11.6. The molecule has 0 atom stereocenters. The van der Waals surface area contributed by atoms with Gasteiger partial charge in [0, 0.05) is 28.1 Å². The number of carbonyl (C=O) groups excluding carboxylic acids is 1. The summed E-state index contributed by atoms with van der Waals surface area (Å²) < 4.78 is 5.46. The summed E-state index contributed by atoms with van der Waals surface area (Å²) in [6.45, 7) is 0. The molecule has 2 aromatic carbocycles. The summed E-state index contributed by atoms with van der Waals surface area (Å²) in [6, 6.07) is 13.2. The average molecular weight is 286 g/mol. The minimum Gasteiger partial charge on any atom is -0.496 e. The van der Waals surface area contributed by atoms with Crippen molar-refractivity contribution in [2.45, 2.75) is 0 Å². The molecule has 0 spiro atoms. The fraction of sp³-hybridized carbons (Fsp3) is 0.0625. The number of fused-ring (bicyclic) bond motifs is 2. The third kappa shape index (κ3) is 2.06. The molecule has 1 aliphatic rings. The normalized spacial score (nSPS) is 12.4. The number of nitrogens with one attached hydrogen (secondary N) is 1. The number of anilines is 2. The maximum Gasteiger partial charge on any atom is 0.253 e. The number of rotatable bonds is 2. The molecule has 1 N–H and O–H groups in total. The molecule has 20 heavy (non-hydrogen) atoms. The lowest BCUT2D eigenvalue weighted by molar-refractivity contribution is 0.108. The average Bonchev–Trinajstić information content (AvgIpc) is 2.62. The van der Waals surface area contributed by atoms with Gasteiger partial charge in [0.2, 0.25) is 0 Å². The van der Waals surface area contributed by atoms with Crippen molar-refractivity contribution in [3.8, 4) is 0 Å². The highest BCUT2D eigenvalue weighted by atomic mass is 35.5. The zero-order valence-electron chi connectivity index (χ0n) is 10.8. The lowest BCUT2D eigenvalue weighted by Gasteiger charge is -2.11. The number of carbonyl (C=O) groups is 1. The minimum absolute atomic E-state index is 0.457. The summed E-state index contributed by atoms with van der Waals surface area (Å²) in [5, 5.41) is 2.83. The fourth-order valence-electron chi connectivity index (χ4n) is 2.33. The second kappa shape index (κ2) is 5.02. The molecule has 4 heteroatoms. The van der Waals surface area contributed by atoms with Gasteiger partial charge in [-0.2, -0.15) is 0 Å². The molecule has 0 fully saturated rings. The van der Waals surface area contributed by atoms with E-state index in [9.17, 15) is 4.79 Å². The zero-order valence-corrected chi connectivity index (χ0v) is 11.6. The number of hydrogen-bond acceptors (Lipinski definition) is 3. The highest BCUT2D eigenvalue weighted by Crippen LogP contribution is 2.36. The first-order valence-electron chi connectivity index (χ1n) is 6.15. The predicted molar refractivity (Wildman–Crippen MR) is 81.2 cm³/mol. The van der Waals surface area contributed by atoms with Crippen LogP contribution in [0.1, 0.15) is 21.5 Å². The molecular formula is C16H12ClNO2. The molecule has 0 aromatic heterocycles. The van der Waals surface area contributed by atoms with Crippen LogP contribution < -0.4 is 5.32 Å². The second-order valence-electron chi connectivity index (χ2n) is 4.42. The second-order valence-corrected chi connectivity index (χ2v) is 4.77. The van der Waals surface area contributed by atoms with Crippen molar-refractivity contribution >= 4 is 40.1 Å². The number of halogens is 1. The lowest BCUT2D eigenvalue weighted by atomic mass is 10.0. The Labute approximate surface area is 121 Å². The first-order chi connectivity index (χ1) is 9.70. The van der Waals surface area contributed by atoms with Crippen LogP contribution in [0.2, 0.25) is 0 Å². The van der Waals surface area contributed by atoms with Crippen molar-refractivity contribution in [1.82, 2.24) is 0 Å². The Morgan fingerprint density at radius 1 is 1.10 bits per heavy atom. The van der Waals surface area contributed by atoms with Gasteiger partial charge in [0.1, 0.15) is 5.76 Å². The van der Waals surface area contributed by atoms with Crippen molar-refractivity contribution in [3.63, 3.8) is 0 Å². The van der Waals surface area contributed by atoms with Crippen molar-refractivity contribution in [2.24, 2.45) is 0 Å². The van der Waals surface area contributed by atoms with Crippen LogP contribution >= 0.6 is 11.6 Å². The van der Waals surface area contributed by atoms with Gasteiger partial charge >= 0.3 is 0 Å². The maximum absolute atomic E-state index is 11.6. The maximum atomic E-state index is 11.6. The molecule has 2 aromatic rings. The van der Waals surface area contributed by atoms with Crippen LogP contribution in [0.25, 0.3) is 11.8 Å². The van der Waals surface area contributed by atoms with E-state index < -0.39 is 5.24 Å². The molecule has 1 heterocycles. The van der Waals surface area contributed by atoms with E-state index >= 15 is 0 Å². The molecule has 1 aliphatic heterocycles. The van der Waals surface area contributed by atoms with E-state index in [-0.39, 0.29) is 0 Å². The molecular weight excluding hydrogens is 274 g/mol. The van der Waals surface area contributed by atoms with E-state index in [4.69, 9.17) is 16.3 Å². The van der Waals surface area contributed by atoms with Crippen molar-refractivity contribution in [1.29, 1.82) is 0 Å². The summed E-state index contributed by atoms with van der Waals surface area (Å²) in [5.74, 6) is 0.692. The van der Waals surface area contributed by atoms with Gasteiger partial charge in [-0.1, -0.05) is 18.2 Å². The van der Waals surface area contributed by atoms with E-state index in [0.717, 1.165) is 22.5 Å². The van der Waals surface area contributed by atoms with Crippen LogP contribution in [0.4, 0.5) is 11.4 Å². The Hall–Kier alpha value is -2.26.